The molecule has 0 aliphatic carbocycles. The molecule has 0 radical (unpaired) electrons. The summed E-state index contributed by atoms with van der Waals surface area (Å²) in [4.78, 5) is 4.44. The average molecular weight is 303 g/mol. The van der Waals surface area contributed by atoms with E-state index >= 15 is 0 Å². The van der Waals surface area contributed by atoms with Crippen LogP contribution < -0.4 is 0 Å². The molecule has 0 amide bonds. The summed E-state index contributed by atoms with van der Waals surface area (Å²) in [6, 6.07) is 10.2. The minimum absolute atomic E-state index is 0.00456. The molecule has 0 spiro atoms. The van der Waals surface area contributed by atoms with Crippen LogP contribution in [0.25, 0.3) is 0 Å². The van der Waals surface area contributed by atoms with Gasteiger partial charge in [0, 0.05) is 18.2 Å². The van der Waals surface area contributed by atoms with Crippen LogP contribution in [0, 0.1) is 5.92 Å². The molecule has 2 heterocycles. The molecule has 0 bridgehead atoms. The second-order valence-electron chi connectivity index (χ2n) is 5.31. The Labute approximate surface area is 124 Å². The molecule has 1 aliphatic rings. The molecule has 21 heavy (non-hydrogen) atoms. The Hall–Kier alpha value is -1.95. The number of hydrogen-bond donors (Lipinski definition) is 1. The summed E-state index contributed by atoms with van der Waals surface area (Å²) in [6.07, 6.45) is 4.00. The second kappa shape index (κ2) is 5.81. The van der Waals surface area contributed by atoms with Crippen LogP contribution in [0.3, 0.4) is 0 Å². The molecule has 1 aromatic carbocycles. The highest BCUT2D eigenvalue weighted by Gasteiger charge is 2.22. The topological polar surface area (TPSA) is 75.7 Å². The lowest BCUT2D eigenvalue weighted by Gasteiger charge is -2.02. The number of aryl methyl sites for hydroxylation is 2. The highest BCUT2D eigenvalue weighted by Crippen LogP contribution is 2.18. The summed E-state index contributed by atoms with van der Waals surface area (Å²) in [5.41, 5.74) is 1.26. The number of aromatic nitrogens is 3. The SMILES string of the molecule is O=S1(=O)C=C[C@H](Cc2nc(CCc3ccccc3)n[nH]2)C1. The van der Waals surface area contributed by atoms with Gasteiger partial charge in [-0.3, -0.25) is 5.10 Å². The van der Waals surface area contributed by atoms with E-state index in [0.717, 1.165) is 24.5 Å². The predicted octanol–water partition coefficient (Wildman–Crippen LogP) is 1.69. The van der Waals surface area contributed by atoms with Crippen LogP contribution in [0.15, 0.2) is 41.8 Å². The lowest BCUT2D eigenvalue weighted by Crippen LogP contribution is -2.09. The van der Waals surface area contributed by atoms with E-state index in [9.17, 15) is 8.42 Å². The van der Waals surface area contributed by atoms with Crippen LogP contribution in [0.1, 0.15) is 17.2 Å². The molecule has 0 unspecified atom stereocenters. The Bertz CT molecular complexity index is 735. The smallest absolute Gasteiger partial charge is 0.171 e. The van der Waals surface area contributed by atoms with Crippen molar-refractivity contribution in [2.24, 2.45) is 5.92 Å². The van der Waals surface area contributed by atoms with E-state index in [1.54, 1.807) is 6.08 Å². The molecule has 3 rings (SSSR count). The molecule has 0 saturated heterocycles. The van der Waals surface area contributed by atoms with Crippen molar-refractivity contribution >= 4 is 9.84 Å². The maximum Gasteiger partial charge on any atom is 0.171 e. The van der Waals surface area contributed by atoms with Gasteiger partial charge in [-0.2, -0.15) is 5.10 Å². The fourth-order valence-electron chi connectivity index (χ4n) is 2.45. The average Bonchev–Trinajstić information content (AvgIpc) is 3.04. The third-order valence-corrected chi connectivity index (χ3v) is 4.98. The van der Waals surface area contributed by atoms with E-state index in [1.165, 1.54) is 11.0 Å². The van der Waals surface area contributed by atoms with Gasteiger partial charge in [-0.1, -0.05) is 36.4 Å². The van der Waals surface area contributed by atoms with Crippen molar-refractivity contribution in [3.63, 3.8) is 0 Å². The molecule has 6 heteroatoms. The van der Waals surface area contributed by atoms with E-state index in [1.807, 2.05) is 18.2 Å². The molecule has 0 fully saturated rings. The van der Waals surface area contributed by atoms with E-state index in [-0.39, 0.29) is 11.7 Å². The number of sulfone groups is 1. The zero-order chi connectivity index (χ0) is 14.7. The van der Waals surface area contributed by atoms with Gasteiger partial charge in [0.05, 0.1) is 5.75 Å². The molecule has 1 aromatic heterocycles. The lowest BCUT2D eigenvalue weighted by atomic mass is 10.1. The Morgan fingerprint density at radius 2 is 2.00 bits per heavy atom. The van der Waals surface area contributed by atoms with Gasteiger partial charge in [0.1, 0.15) is 5.82 Å². The Morgan fingerprint density at radius 3 is 2.71 bits per heavy atom. The lowest BCUT2D eigenvalue weighted by molar-refractivity contribution is 0.595. The molecule has 0 saturated carbocycles. The van der Waals surface area contributed by atoms with Gasteiger partial charge in [-0.05, 0) is 17.9 Å². The van der Waals surface area contributed by atoms with Crippen molar-refractivity contribution in [1.29, 1.82) is 0 Å². The van der Waals surface area contributed by atoms with Gasteiger partial charge in [-0.25, -0.2) is 13.4 Å². The van der Waals surface area contributed by atoms with Crippen molar-refractivity contribution < 1.29 is 8.42 Å². The van der Waals surface area contributed by atoms with Gasteiger partial charge in [0.2, 0.25) is 0 Å². The largest absolute Gasteiger partial charge is 0.263 e. The van der Waals surface area contributed by atoms with Crippen LogP contribution >= 0.6 is 0 Å². The second-order valence-corrected chi connectivity index (χ2v) is 7.24. The third kappa shape index (κ3) is 3.78. The number of H-pyrrole nitrogens is 1. The van der Waals surface area contributed by atoms with Crippen LogP contribution in [-0.2, 0) is 29.1 Å². The summed E-state index contributed by atoms with van der Waals surface area (Å²) in [6.45, 7) is 0. The molecular weight excluding hydrogens is 286 g/mol. The van der Waals surface area contributed by atoms with E-state index in [2.05, 4.69) is 27.3 Å². The number of rotatable bonds is 5. The summed E-state index contributed by atoms with van der Waals surface area (Å²) in [5.74, 6) is 1.71. The number of nitrogens with zero attached hydrogens (tertiary/aromatic N) is 2. The first-order valence-corrected chi connectivity index (χ1v) is 8.67. The molecule has 110 valence electrons. The number of nitrogens with one attached hydrogen (secondary N) is 1. The normalized spacial score (nSPS) is 19.9. The molecule has 2 aromatic rings. The van der Waals surface area contributed by atoms with Gasteiger partial charge < -0.3 is 0 Å². The minimum Gasteiger partial charge on any atom is -0.263 e. The highest BCUT2D eigenvalue weighted by atomic mass is 32.2. The Kier molecular flexibility index (Phi) is 3.88. The zero-order valence-corrected chi connectivity index (χ0v) is 12.4. The number of benzene rings is 1. The van der Waals surface area contributed by atoms with E-state index in [4.69, 9.17) is 0 Å². The molecular formula is C15H17N3O2S. The van der Waals surface area contributed by atoms with Gasteiger partial charge in [0.25, 0.3) is 0 Å². The van der Waals surface area contributed by atoms with Crippen LogP contribution in [-0.4, -0.2) is 29.4 Å². The zero-order valence-electron chi connectivity index (χ0n) is 11.6. The standard InChI is InChI=1S/C15H17N3O2S/c19-21(20)9-8-13(11-21)10-15-16-14(17-18-15)7-6-12-4-2-1-3-5-12/h1-5,8-9,13H,6-7,10-11H2,(H,16,17,18)/t13-/m1/s1. The molecule has 5 nitrogen and oxygen atoms in total. The Morgan fingerprint density at radius 1 is 1.19 bits per heavy atom. The van der Waals surface area contributed by atoms with Crippen LogP contribution in [0.2, 0.25) is 0 Å². The Balaban J connectivity index is 1.56. The maximum absolute atomic E-state index is 11.4. The summed E-state index contributed by atoms with van der Waals surface area (Å²) >= 11 is 0. The summed E-state index contributed by atoms with van der Waals surface area (Å²) in [5, 5.41) is 8.40. The van der Waals surface area contributed by atoms with Gasteiger partial charge in [0.15, 0.2) is 15.7 Å². The van der Waals surface area contributed by atoms with E-state index in [0.29, 0.717) is 6.42 Å². The summed E-state index contributed by atoms with van der Waals surface area (Å²) < 4.78 is 22.7. The summed E-state index contributed by atoms with van der Waals surface area (Å²) in [7, 11) is -3.00. The minimum atomic E-state index is -3.00. The fourth-order valence-corrected chi connectivity index (χ4v) is 3.85. The van der Waals surface area contributed by atoms with Crippen molar-refractivity contribution in [3.8, 4) is 0 Å². The number of aromatic amines is 1. The first-order chi connectivity index (χ1) is 10.1. The maximum atomic E-state index is 11.4. The van der Waals surface area contributed by atoms with Crippen LogP contribution in [0.4, 0.5) is 0 Å². The van der Waals surface area contributed by atoms with Gasteiger partial charge in [-0.15, -0.1) is 0 Å². The molecule has 1 aliphatic heterocycles. The predicted molar refractivity (Wildman–Crippen MR) is 80.4 cm³/mol. The van der Waals surface area contributed by atoms with Crippen molar-refractivity contribution in [2.45, 2.75) is 19.3 Å². The van der Waals surface area contributed by atoms with Crippen LogP contribution in [0.5, 0.6) is 0 Å². The van der Waals surface area contributed by atoms with E-state index < -0.39 is 9.84 Å². The highest BCUT2D eigenvalue weighted by molar-refractivity contribution is 7.94. The fraction of sp³-hybridized carbons (Fsp3) is 0.333. The first-order valence-electron chi connectivity index (χ1n) is 6.96. The molecule has 1 atom stereocenters. The quantitative estimate of drug-likeness (QED) is 0.912. The van der Waals surface area contributed by atoms with Crippen molar-refractivity contribution in [1.82, 2.24) is 15.2 Å². The first kappa shape index (κ1) is 14.0. The number of hydrogen-bond acceptors (Lipinski definition) is 4. The van der Waals surface area contributed by atoms with Crippen molar-refractivity contribution in [3.05, 3.63) is 59.0 Å². The van der Waals surface area contributed by atoms with Gasteiger partial charge >= 0.3 is 0 Å². The number of allylic oxidation sites excluding steroid dienone is 1. The van der Waals surface area contributed by atoms with Crippen molar-refractivity contribution in [2.75, 3.05) is 5.75 Å². The third-order valence-electron chi connectivity index (χ3n) is 3.52. The molecule has 1 N–H and O–H groups in total. The monoisotopic (exact) mass is 303 g/mol.